The molecule has 0 amide bonds. The highest BCUT2D eigenvalue weighted by molar-refractivity contribution is 7.89. The van der Waals surface area contributed by atoms with Crippen LogP contribution < -0.4 is 0 Å². The lowest BCUT2D eigenvalue weighted by Gasteiger charge is -2.16. The van der Waals surface area contributed by atoms with Crippen LogP contribution in [0.4, 0.5) is 5.69 Å². The van der Waals surface area contributed by atoms with Crippen molar-refractivity contribution in [1.82, 2.24) is 14.5 Å². The van der Waals surface area contributed by atoms with Crippen molar-refractivity contribution < 1.29 is 13.3 Å². The molecule has 1 N–H and O–H groups in total. The van der Waals surface area contributed by atoms with E-state index in [4.69, 9.17) is 0 Å². The molecule has 0 unspecified atom stereocenters. The molecule has 21 heavy (non-hydrogen) atoms. The maximum Gasteiger partial charge on any atom is 0.273 e. The molecule has 1 aromatic heterocycles. The van der Waals surface area contributed by atoms with Crippen molar-refractivity contribution in [2.45, 2.75) is 18.4 Å². The summed E-state index contributed by atoms with van der Waals surface area (Å²) in [6.45, 7) is 1.68. The van der Waals surface area contributed by atoms with Crippen LogP contribution >= 0.6 is 0 Å². The van der Waals surface area contributed by atoms with Crippen LogP contribution in [0.15, 0.2) is 35.5 Å². The standard InChI is InChI=1S/C12H14N4O4S/c1-9-3-4-11(5-12(9)16(17)18)21(19,20)15(2)8-10-6-13-14-7-10/h3-7H,8H2,1-2H3,(H,13,14). The molecule has 2 aromatic rings. The van der Waals surface area contributed by atoms with Gasteiger partial charge in [-0.3, -0.25) is 15.2 Å². The molecule has 0 saturated carbocycles. The summed E-state index contributed by atoms with van der Waals surface area (Å²) < 4.78 is 26.0. The van der Waals surface area contributed by atoms with Crippen LogP contribution in [0.1, 0.15) is 11.1 Å². The molecule has 0 aliphatic heterocycles. The average Bonchev–Trinajstić information content (AvgIpc) is 2.91. The minimum atomic E-state index is -3.80. The fourth-order valence-corrected chi connectivity index (χ4v) is 3.01. The minimum Gasteiger partial charge on any atom is -0.285 e. The fraction of sp³-hybridized carbons (Fsp3) is 0.250. The predicted molar refractivity (Wildman–Crippen MR) is 75.1 cm³/mol. The van der Waals surface area contributed by atoms with Gasteiger partial charge >= 0.3 is 0 Å². The van der Waals surface area contributed by atoms with Gasteiger partial charge in [0.2, 0.25) is 10.0 Å². The van der Waals surface area contributed by atoms with Gasteiger partial charge in [0.25, 0.3) is 5.69 Å². The van der Waals surface area contributed by atoms with Crippen LogP contribution in [0, 0.1) is 17.0 Å². The van der Waals surface area contributed by atoms with Crippen molar-refractivity contribution in [3.63, 3.8) is 0 Å². The molecule has 0 radical (unpaired) electrons. The van der Waals surface area contributed by atoms with E-state index in [0.29, 0.717) is 11.1 Å². The van der Waals surface area contributed by atoms with E-state index in [1.165, 1.54) is 25.4 Å². The van der Waals surface area contributed by atoms with Crippen molar-refractivity contribution >= 4 is 15.7 Å². The van der Waals surface area contributed by atoms with E-state index in [2.05, 4.69) is 10.2 Å². The van der Waals surface area contributed by atoms with Crippen LogP contribution in [-0.4, -0.2) is 34.9 Å². The number of nitro benzene ring substituents is 1. The van der Waals surface area contributed by atoms with Crippen LogP contribution in [0.25, 0.3) is 0 Å². The molecule has 0 bridgehead atoms. The number of nitrogens with one attached hydrogen (secondary N) is 1. The first-order valence-electron chi connectivity index (χ1n) is 6.01. The van der Waals surface area contributed by atoms with E-state index >= 15 is 0 Å². The second-order valence-corrected chi connectivity index (χ2v) is 6.62. The van der Waals surface area contributed by atoms with E-state index in [1.807, 2.05) is 0 Å². The number of hydrogen-bond donors (Lipinski definition) is 1. The van der Waals surface area contributed by atoms with Crippen molar-refractivity contribution in [3.8, 4) is 0 Å². The van der Waals surface area contributed by atoms with Gasteiger partial charge in [0.1, 0.15) is 0 Å². The van der Waals surface area contributed by atoms with Crippen molar-refractivity contribution in [2.24, 2.45) is 0 Å². The second-order valence-electron chi connectivity index (χ2n) is 4.57. The zero-order chi connectivity index (χ0) is 15.6. The Morgan fingerprint density at radius 3 is 2.71 bits per heavy atom. The molecular weight excluding hydrogens is 296 g/mol. The summed E-state index contributed by atoms with van der Waals surface area (Å²) in [6, 6.07) is 3.87. The van der Waals surface area contributed by atoms with Gasteiger partial charge in [-0.15, -0.1) is 0 Å². The summed E-state index contributed by atoms with van der Waals surface area (Å²) in [7, 11) is -2.39. The van der Waals surface area contributed by atoms with Gasteiger partial charge in [-0.2, -0.15) is 9.40 Å². The van der Waals surface area contributed by atoms with E-state index < -0.39 is 14.9 Å². The summed E-state index contributed by atoms with van der Waals surface area (Å²) >= 11 is 0. The number of aryl methyl sites for hydroxylation is 1. The molecular formula is C12H14N4O4S. The summed E-state index contributed by atoms with van der Waals surface area (Å²) in [5, 5.41) is 17.3. The average molecular weight is 310 g/mol. The highest BCUT2D eigenvalue weighted by Gasteiger charge is 2.24. The molecule has 2 rings (SSSR count). The lowest BCUT2D eigenvalue weighted by atomic mass is 10.2. The van der Waals surface area contributed by atoms with E-state index in [9.17, 15) is 18.5 Å². The number of aromatic nitrogens is 2. The molecule has 0 spiro atoms. The number of rotatable bonds is 5. The Kier molecular flexibility index (Phi) is 4.05. The Morgan fingerprint density at radius 1 is 1.43 bits per heavy atom. The zero-order valence-corrected chi connectivity index (χ0v) is 12.3. The second kappa shape index (κ2) is 5.62. The maximum absolute atomic E-state index is 12.4. The van der Waals surface area contributed by atoms with Crippen molar-refractivity contribution in [2.75, 3.05) is 7.05 Å². The normalized spacial score (nSPS) is 11.8. The summed E-state index contributed by atoms with van der Waals surface area (Å²) in [5.41, 5.74) is 0.895. The molecule has 8 nitrogen and oxygen atoms in total. The quantitative estimate of drug-likeness (QED) is 0.664. The minimum absolute atomic E-state index is 0.106. The highest BCUT2D eigenvalue weighted by atomic mass is 32.2. The van der Waals surface area contributed by atoms with Gasteiger partial charge in [0, 0.05) is 37.0 Å². The fourth-order valence-electron chi connectivity index (χ4n) is 1.83. The number of aromatic amines is 1. The highest BCUT2D eigenvalue weighted by Crippen LogP contribution is 2.24. The molecule has 1 aromatic carbocycles. The van der Waals surface area contributed by atoms with E-state index in [-0.39, 0.29) is 17.1 Å². The van der Waals surface area contributed by atoms with Gasteiger partial charge in [-0.05, 0) is 13.0 Å². The van der Waals surface area contributed by atoms with Crippen molar-refractivity contribution in [3.05, 3.63) is 51.8 Å². The van der Waals surface area contributed by atoms with Gasteiger partial charge in [0.15, 0.2) is 0 Å². The van der Waals surface area contributed by atoms with Crippen LogP contribution in [0.2, 0.25) is 0 Å². The number of H-pyrrole nitrogens is 1. The van der Waals surface area contributed by atoms with E-state index in [1.54, 1.807) is 13.1 Å². The van der Waals surface area contributed by atoms with E-state index in [0.717, 1.165) is 10.4 Å². The number of sulfonamides is 1. The Hall–Kier alpha value is -2.26. The molecule has 112 valence electrons. The molecule has 0 fully saturated rings. The Labute approximate surface area is 121 Å². The predicted octanol–water partition coefficient (Wildman–Crippen LogP) is 1.45. The summed E-state index contributed by atoms with van der Waals surface area (Å²) in [5.74, 6) is 0. The Morgan fingerprint density at radius 2 is 2.14 bits per heavy atom. The van der Waals surface area contributed by atoms with Crippen LogP contribution in [0.3, 0.4) is 0 Å². The third-order valence-electron chi connectivity index (χ3n) is 3.05. The molecule has 0 aliphatic carbocycles. The smallest absolute Gasteiger partial charge is 0.273 e. The first-order valence-corrected chi connectivity index (χ1v) is 7.45. The number of nitro groups is 1. The number of nitrogens with zero attached hydrogens (tertiary/aromatic N) is 3. The first kappa shape index (κ1) is 15.1. The summed E-state index contributed by atoms with van der Waals surface area (Å²) in [4.78, 5) is 10.2. The van der Waals surface area contributed by atoms with Gasteiger partial charge in [-0.1, -0.05) is 6.07 Å². The molecule has 0 saturated heterocycles. The third kappa shape index (κ3) is 3.09. The van der Waals surface area contributed by atoms with Crippen LogP contribution in [-0.2, 0) is 16.6 Å². The lowest BCUT2D eigenvalue weighted by molar-refractivity contribution is -0.385. The van der Waals surface area contributed by atoms with Crippen molar-refractivity contribution in [1.29, 1.82) is 0 Å². The van der Waals surface area contributed by atoms with Gasteiger partial charge in [-0.25, -0.2) is 8.42 Å². The number of benzene rings is 1. The van der Waals surface area contributed by atoms with Gasteiger partial charge < -0.3 is 0 Å². The Balaban J connectivity index is 2.35. The molecule has 1 heterocycles. The third-order valence-corrected chi connectivity index (χ3v) is 4.84. The van der Waals surface area contributed by atoms with Gasteiger partial charge in [0.05, 0.1) is 16.0 Å². The van der Waals surface area contributed by atoms with Crippen LogP contribution in [0.5, 0.6) is 0 Å². The summed E-state index contributed by atoms with van der Waals surface area (Å²) in [6.07, 6.45) is 3.10. The number of hydrogen-bond acceptors (Lipinski definition) is 5. The molecule has 9 heteroatoms. The largest absolute Gasteiger partial charge is 0.285 e. The maximum atomic E-state index is 12.4. The zero-order valence-electron chi connectivity index (χ0n) is 11.5. The molecule has 0 aliphatic rings. The lowest BCUT2D eigenvalue weighted by Crippen LogP contribution is -2.26. The monoisotopic (exact) mass is 310 g/mol. The Bertz CT molecular complexity index is 756. The molecule has 0 atom stereocenters. The first-order chi connectivity index (χ1) is 9.82. The topological polar surface area (TPSA) is 109 Å². The SMILES string of the molecule is Cc1ccc(S(=O)(=O)N(C)Cc2cn[nH]c2)cc1[N+](=O)[O-].